The van der Waals surface area contributed by atoms with E-state index in [1.54, 1.807) is 0 Å². The summed E-state index contributed by atoms with van der Waals surface area (Å²) >= 11 is 0. The highest BCUT2D eigenvalue weighted by molar-refractivity contribution is 6.01. The zero-order valence-electron chi connectivity index (χ0n) is 18.6. The van der Waals surface area contributed by atoms with E-state index in [9.17, 15) is 4.79 Å². The SMILES string of the molecule is Cc1c(NC(N)=O)c2nnc(C)n2c2ccc(-c3ccc(CN4CCCCC4)cc3)cc12. The molecule has 1 fully saturated rings. The molecule has 0 bridgehead atoms. The third kappa shape index (κ3) is 3.69. The van der Waals surface area contributed by atoms with Crippen LogP contribution >= 0.6 is 0 Å². The number of amides is 2. The van der Waals surface area contributed by atoms with Crippen LogP contribution in [0.5, 0.6) is 0 Å². The largest absolute Gasteiger partial charge is 0.351 e. The minimum atomic E-state index is -0.615. The third-order valence-corrected chi connectivity index (χ3v) is 6.46. The van der Waals surface area contributed by atoms with E-state index in [4.69, 9.17) is 5.73 Å². The first kappa shape index (κ1) is 20.5. The highest BCUT2D eigenvalue weighted by Crippen LogP contribution is 2.33. The van der Waals surface area contributed by atoms with E-state index in [1.807, 2.05) is 18.2 Å². The summed E-state index contributed by atoms with van der Waals surface area (Å²) in [6.07, 6.45) is 3.97. The molecule has 1 aliphatic rings. The van der Waals surface area contributed by atoms with E-state index < -0.39 is 6.03 Å². The van der Waals surface area contributed by atoms with Gasteiger partial charge in [0, 0.05) is 11.9 Å². The minimum absolute atomic E-state index is 0.597. The fourth-order valence-electron chi connectivity index (χ4n) is 4.78. The van der Waals surface area contributed by atoms with E-state index in [0.717, 1.165) is 34.4 Å². The molecule has 2 aromatic carbocycles. The molecule has 0 saturated carbocycles. The van der Waals surface area contributed by atoms with Crippen molar-refractivity contribution in [3.8, 4) is 11.1 Å². The first-order valence-corrected chi connectivity index (χ1v) is 11.2. The molecule has 0 atom stereocenters. The number of carbonyl (C=O) groups excluding carboxylic acids is 1. The first-order chi connectivity index (χ1) is 15.5. The number of rotatable bonds is 4. The molecular weight excluding hydrogens is 400 g/mol. The molecule has 0 spiro atoms. The van der Waals surface area contributed by atoms with Crippen LogP contribution in [0.25, 0.3) is 27.7 Å². The van der Waals surface area contributed by atoms with Gasteiger partial charge in [0.15, 0.2) is 5.65 Å². The molecule has 2 amide bonds. The predicted molar refractivity (Wildman–Crippen MR) is 128 cm³/mol. The molecule has 0 radical (unpaired) electrons. The summed E-state index contributed by atoms with van der Waals surface area (Å²) < 4.78 is 1.96. The Labute approximate surface area is 187 Å². The molecule has 2 aromatic heterocycles. The van der Waals surface area contributed by atoms with Crippen LogP contribution in [0.15, 0.2) is 42.5 Å². The summed E-state index contributed by atoms with van der Waals surface area (Å²) in [5, 5.41) is 12.2. The van der Waals surface area contributed by atoms with Gasteiger partial charge in [0.2, 0.25) is 0 Å². The van der Waals surface area contributed by atoms with Crippen LogP contribution in [-0.4, -0.2) is 38.6 Å². The van der Waals surface area contributed by atoms with E-state index in [2.05, 4.69) is 62.9 Å². The molecular formula is C25H28N6O. The Kier molecular flexibility index (Phi) is 5.27. The highest BCUT2D eigenvalue weighted by Gasteiger charge is 2.17. The van der Waals surface area contributed by atoms with Crippen molar-refractivity contribution in [2.24, 2.45) is 5.73 Å². The molecule has 5 rings (SSSR count). The average Bonchev–Trinajstić information content (AvgIpc) is 3.19. The van der Waals surface area contributed by atoms with Gasteiger partial charge in [-0.25, -0.2) is 4.79 Å². The number of hydrogen-bond acceptors (Lipinski definition) is 4. The standard InChI is InChI=1S/C25H28N6O/c1-16-21-14-20(19-8-6-18(7-9-19)15-30-12-4-3-5-13-30)10-11-22(21)31-17(2)28-29-24(31)23(16)27-25(26)32/h6-11,14H,3-5,12-13,15H2,1-2H3,(H3,26,27,32). The third-order valence-electron chi connectivity index (χ3n) is 6.46. The average molecular weight is 429 g/mol. The topological polar surface area (TPSA) is 88.5 Å². The lowest BCUT2D eigenvalue weighted by atomic mass is 9.99. The Balaban J connectivity index is 1.54. The van der Waals surface area contributed by atoms with Crippen molar-refractivity contribution in [1.29, 1.82) is 0 Å². The molecule has 7 nitrogen and oxygen atoms in total. The van der Waals surface area contributed by atoms with Crippen LogP contribution in [-0.2, 0) is 6.54 Å². The number of nitrogens with one attached hydrogen (secondary N) is 1. The molecule has 1 aliphatic heterocycles. The molecule has 0 unspecified atom stereocenters. The monoisotopic (exact) mass is 428 g/mol. The number of hydrogen-bond donors (Lipinski definition) is 2. The lowest BCUT2D eigenvalue weighted by molar-refractivity contribution is 0.221. The summed E-state index contributed by atoms with van der Waals surface area (Å²) in [4.78, 5) is 14.2. The zero-order valence-corrected chi connectivity index (χ0v) is 18.6. The number of aryl methyl sites for hydroxylation is 2. The number of aromatic nitrogens is 3. The fraction of sp³-hybridized carbons (Fsp3) is 0.320. The van der Waals surface area contributed by atoms with Crippen LogP contribution in [0, 0.1) is 13.8 Å². The number of nitrogens with two attached hydrogens (primary N) is 1. The van der Waals surface area contributed by atoms with Crippen LogP contribution in [0.3, 0.4) is 0 Å². The van der Waals surface area contributed by atoms with Crippen LogP contribution in [0.2, 0.25) is 0 Å². The number of carbonyl (C=O) groups is 1. The van der Waals surface area contributed by atoms with Crippen molar-refractivity contribution in [3.05, 3.63) is 59.4 Å². The number of anilines is 1. The number of piperidine rings is 1. The lowest BCUT2D eigenvalue weighted by Crippen LogP contribution is -2.28. The van der Waals surface area contributed by atoms with Crippen molar-refractivity contribution in [3.63, 3.8) is 0 Å². The van der Waals surface area contributed by atoms with Crippen molar-refractivity contribution in [1.82, 2.24) is 19.5 Å². The summed E-state index contributed by atoms with van der Waals surface area (Å²) in [7, 11) is 0. The van der Waals surface area contributed by atoms with Crippen LogP contribution in [0.4, 0.5) is 10.5 Å². The quantitative estimate of drug-likeness (QED) is 0.495. The van der Waals surface area contributed by atoms with Crippen molar-refractivity contribution in [2.45, 2.75) is 39.7 Å². The summed E-state index contributed by atoms with van der Waals surface area (Å²) in [5.41, 5.74) is 12.2. The number of benzene rings is 2. The van der Waals surface area contributed by atoms with E-state index >= 15 is 0 Å². The Morgan fingerprint density at radius 1 is 1.00 bits per heavy atom. The molecule has 3 heterocycles. The Bertz CT molecular complexity index is 1300. The first-order valence-electron chi connectivity index (χ1n) is 11.2. The molecule has 7 heteroatoms. The number of nitrogens with zero attached hydrogens (tertiary/aromatic N) is 4. The van der Waals surface area contributed by atoms with Crippen molar-refractivity contribution in [2.75, 3.05) is 18.4 Å². The Morgan fingerprint density at radius 2 is 1.72 bits per heavy atom. The summed E-state index contributed by atoms with van der Waals surface area (Å²) in [6, 6.07) is 14.6. The molecule has 32 heavy (non-hydrogen) atoms. The van der Waals surface area contributed by atoms with Gasteiger partial charge in [-0.2, -0.15) is 0 Å². The maximum Gasteiger partial charge on any atom is 0.316 e. The fourth-order valence-corrected chi connectivity index (χ4v) is 4.78. The zero-order chi connectivity index (χ0) is 22.2. The number of fused-ring (bicyclic) bond motifs is 3. The molecule has 1 saturated heterocycles. The lowest BCUT2D eigenvalue weighted by Gasteiger charge is -2.26. The number of likely N-dealkylation sites (tertiary alicyclic amines) is 1. The Morgan fingerprint density at radius 3 is 2.44 bits per heavy atom. The molecule has 164 valence electrons. The van der Waals surface area contributed by atoms with Crippen LogP contribution < -0.4 is 11.1 Å². The van der Waals surface area contributed by atoms with E-state index in [1.165, 1.54) is 43.5 Å². The van der Waals surface area contributed by atoms with Gasteiger partial charge in [-0.15, -0.1) is 10.2 Å². The van der Waals surface area contributed by atoms with Gasteiger partial charge in [-0.05, 0) is 74.2 Å². The Hall–Kier alpha value is -3.45. The van der Waals surface area contributed by atoms with E-state index in [0.29, 0.717) is 11.3 Å². The van der Waals surface area contributed by atoms with Crippen molar-refractivity contribution < 1.29 is 4.79 Å². The maximum absolute atomic E-state index is 11.6. The van der Waals surface area contributed by atoms with Gasteiger partial charge in [-0.1, -0.05) is 36.8 Å². The van der Waals surface area contributed by atoms with Gasteiger partial charge >= 0.3 is 6.03 Å². The maximum atomic E-state index is 11.6. The van der Waals surface area contributed by atoms with Crippen molar-refractivity contribution >= 4 is 28.3 Å². The molecule has 0 aliphatic carbocycles. The second kappa shape index (κ2) is 8.24. The number of primary amides is 1. The van der Waals surface area contributed by atoms with Gasteiger partial charge in [0.1, 0.15) is 5.82 Å². The van der Waals surface area contributed by atoms with Gasteiger partial charge in [-0.3, -0.25) is 9.30 Å². The van der Waals surface area contributed by atoms with E-state index in [-0.39, 0.29) is 0 Å². The predicted octanol–water partition coefficient (Wildman–Crippen LogP) is 4.64. The minimum Gasteiger partial charge on any atom is -0.351 e. The van der Waals surface area contributed by atoms with Gasteiger partial charge in [0.25, 0.3) is 0 Å². The number of urea groups is 1. The smallest absolute Gasteiger partial charge is 0.316 e. The molecule has 3 N–H and O–H groups in total. The highest BCUT2D eigenvalue weighted by atomic mass is 16.2. The number of pyridine rings is 1. The second-order valence-electron chi connectivity index (χ2n) is 8.66. The summed E-state index contributed by atoms with van der Waals surface area (Å²) in [6.45, 7) is 7.29. The van der Waals surface area contributed by atoms with Gasteiger partial charge in [0.05, 0.1) is 11.2 Å². The second-order valence-corrected chi connectivity index (χ2v) is 8.66. The van der Waals surface area contributed by atoms with Crippen LogP contribution in [0.1, 0.15) is 36.2 Å². The summed E-state index contributed by atoms with van der Waals surface area (Å²) in [5.74, 6) is 0.757. The molecule has 4 aromatic rings. The van der Waals surface area contributed by atoms with Gasteiger partial charge < -0.3 is 11.1 Å². The normalized spacial score (nSPS) is 14.8.